The van der Waals surface area contributed by atoms with Crippen molar-refractivity contribution in [3.8, 4) is 5.75 Å². The Morgan fingerprint density at radius 2 is 2.06 bits per heavy atom. The molecule has 6 nitrogen and oxygen atoms in total. The molecule has 2 aliphatic rings. The zero-order valence-corrected chi connectivity index (χ0v) is 18.9. The van der Waals surface area contributed by atoms with Gasteiger partial charge < -0.3 is 15.0 Å². The van der Waals surface area contributed by atoms with Crippen LogP contribution >= 0.6 is 11.3 Å². The third kappa shape index (κ3) is 5.66. The smallest absolute Gasteiger partial charge is 0.258 e. The molecule has 2 aliphatic heterocycles. The summed E-state index contributed by atoms with van der Waals surface area (Å²) in [4.78, 5) is 30.0. The number of carbonyl (C=O) groups excluding carboxylic acids is 2. The fourth-order valence-electron chi connectivity index (χ4n) is 4.30. The number of piperidine rings is 1. The molecule has 0 bridgehead atoms. The van der Waals surface area contributed by atoms with Gasteiger partial charge in [-0.25, -0.2) is 0 Å². The highest BCUT2D eigenvalue weighted by Crippen LogP contribution is 2.29. The van der Waals surface area contributed by atoms with E-state index < -0.39 is 0 Å². The van der Waals surface area contributed by atoms with Crippen molar-refractivity contribution in [3.05, 3.63) is 46.7 Å². The molecule has 2 aromatic rings. The minimum Gasteiger partial charge on any atom is -0.484 e. The topological polar surface area (TPSA) is 61.9 Å². The summed E-state index contributed by atoms with van der Waals surface area (Å²) in [6.45, 7) is 5.73. The van der Waals surface area contributed by atoms with Gasteiger partial charge in [0.1, 0.15) is 5.75 Å². The van der Waals surface area contributed by atoms with Crippen LogP contribution in [0.1, 0.15) is 43.5 Å². The molecule has 0 radical (unpaired) electrons. The van der Waals surface area contributed by atoms with Crippen molar-refractivity contribution in [2.24, 2.45) is 5.92 Å². The summed E-state index contributed by atoms with van der Waals surface area (Å²) >= 11 is 1.74. The van der Waals surface area contributed by atoms with Crippen LogP contribution in [0.3, 0.4) is 0 Å². The third-order valence-corrected chi connectivity index (χ3v) is 7.17. The number of carbonyl (C=O) groups is 2. The number of anilines is 1. The van der Waals surface area contributed by atoms with E-state index >= 15 is 0 Å². The Balaban J connectivity index is 1.30. The van der Waals surface area contributed by atoms with Gasteiger partial charge in [0.05, 0.1) is 6.04 Å². The van der Waals surface area contributed by atoms with E-state index in [1.807, 2.05) is 24.3 Å². The first-order chi connectivity index (χ1) is 15.1. The van der Waals surface area contributed by atoms with Crippen LogP contribution in [-0.2, 0) is 9.59 Å². The zero-order valence-electron chi connectivity index (χ0n) is 18.1. The molecule has 0 saturated carbocycles. The number of rotatable bonds is 8. The fraction of sp³-hybridized carbons (Fsp3) is 0.500. The average Bonchev–Trinajstić information content (AvgIpc) is 3.46. The van der Waals surface area contributed by atoms with Crippen molar-refractivity contribution in [2.75, 3.05) is 37.7 Å². The first kappa shape index (κ1) is 21.8. The van der Waals surface area contributed by atoms with Crippen molar-refractivity contribution in [1.82, 2.24) is 10.2 Å². The highest BCUT2D eigenvalue weighted by Gasteiger charge is 2.26. The molecule has 4 rings (SSSR count). The lowest BCUT2D eigenvalue weighted by molar-refractivity contribution is -0.123. The minimum absolute atomic E-state index is 0.0361. The highest BCUT2D eigenvalue weighted by atomic mass is 32.1. The van der Waals surface area contributed by atoms with Gasteiger partial charge in [0, 0.05) is 36.1 Å². The molecule has 7 heteroatoms. The quantitative estimate of drug-likeness (QED) is 0.676. The Hall–Kier alpha value is -2.38. The lowest BCUT2D eigenvalue weighted by atomic mass is 9.97. The molecule has 0 unspecified atom stereocenters. The first-order valence-corrected chi connectivity index (χ1v) is 12.1. The van der Waals surface area contributed by atoms with Gasteiger partial charge >= 0.3 is 0 Å². The first-order valence-electron chi connectivity index (χ1n) is 11.2. The van der Waals surface area contributed by atoms with Gasteiger partial charge in [0.15, 0.2) is 6.61 Å². The molecule has 1 atom stereocenters. The lowest BCUT2D eigenvalue weighted by Gasteiger charge is -2.36. The number of nitrogens with zero attached hydrogens (tertiary/aromatic N) is 2. The van der Waals surface area contributed by atoms with Crippen LogP contribution in [0.2, 0.25) is 0 Å². The van der Waals surface area contributed by atoms with Crippen molar-refractivity contribution in [3.63, 3.8) is 0 Å². The molecule has 0 aliphatic carbocycles. The van der Waals surface area contributed by atoms with E-state index in [0.717, 1.165) is 37.7 Å². The Kier molecular flexibility index (Phi) is 7.25. The van der Waals surface area contributed by atoms with Crippen molar-refractivity contribution < 1.29 is 14.3 Å². The molecular formula is C24H31N3O3S. The summed E-state index contributed by atoms with van der Waals surface area (Å²) in [5.41, 5.74) is 0.831. The van der Waals surface area contributed by atoms with E-state index in [4.69, 9.17) is 4.74 Å². The zero-order chi connectivity index (χ0) is 21.6. The number of hydrogen-bond donors (Lipinski definition) is 1. The Bertz CT molecular complexity index is 878. The third-order valence-electron chi connectivity index (χ3n) is 6.20. The Morgan fingerprint density at radius 3 is 2.77 bits per heavy atom. The molecule has 3 heterocycles. The summed E-state index contributed by atoms with van der Waals surface area (Å²) in [6.07, 6.45) is 3.88. The fourth-order valence-corrected chi connectivity index (χ4v) is 5.16. The second-order valence-corrected chi connectivity index (χ2v) is 9.47. The summed E-state index contributed by atoms with van der Waals surface area (Å²) in [5, 5.41) is 5.16. The van der Waals surface area contributed by atoms with Gasteiger partial charge in [-0.1, -0.05) is 19.1 Å². The monoisotopic (exact) mass is 441 g/mol. The number of ether oxygens (including phenoxy) is 1. The predicted molar refractivity (Wildman–Crippen MR) is 124 cm³/mol. The average molecular weight is 442 g/mol. The standard InChI is InChI=1S/C24H31N3O3S/c1-18-9-12-26(13-10-18)21(22-7-4-14-31-22)16-25-23(28)17-30-20-6-2-5-19(15-20)27-11-3-8-24(27)29/h2,4-7,14-15,18,21H,3,8-13,16-17H2,1H3,(H,25,28)/t21-/m1/s1. The molecule has 1 N–H and O–H groups in total. The number of likely N-dealkylation sites (tertiary alicyclic amines) is 1. The number of amides is 2. The van der Waals surface area contributed by atoms with E-state index in [1.54, 1.807) is 16.2 Å². The molecule has 2 fully saturated rings. The van der Waals surface area contributed by atoms with Gasteiger partial charge in [0.25, 0.3) is 5.91 Å². The maximum absolute atomic E-state index is 12.5. The molecular weight excluding hydrogens is 410 g/mol. The van der Waals surface area contributed by atoms with Crippen LogP contribution < -0.4 is 15.0 Å². The van der Waals surface area contributed by atoms with Crippen molar-refractivity contribution >= 4 is 28.8 Å². The normalized spacial score (nSPS) is 18.9. The maximum atomic E-state index is 12.5. The Labute approximate surface area is 188 Å². The summed E-state index contributed by atoms with van der Waals surface area (Å²) in [6, 6.07) is 11.9. The molecule has 0 spiro atoms. The molecule has 2 saturated heterocycles. The van der Waals surface area contributed by atoms with Gasteiger partial charge in [-0.2, -0.15) is 0 Å². The number of thiophene rings is 1. The van der Waals surface area contributed by atoms with Crippen LogP contribution in [-0.4, -0.2) is 49.5 Å². The van der Waals surface area contributed by atoms with Crippen LogP contribution in [0.15, 0.2) is 41.8 Å². The number of hydrogen-bond acceptors (Lipinski definition) is 5. The molecule has 166 valence electrons. The molecule has 1 aromatic carbocycles. The van der Waals surface area contributed by atoms with Gasteiger partial charge in [-0.3, -0.25) is 14.5 Å². The highest BCUT2D eigenvalue weighted by molar-refractivity contribution is 7.10. The van der Waals surface area contributed by atoms with E-state index in [9.17, 15) is 9.59 Å². The number of benzene rings is 1. The van der Waals surface area contributed by atoms with Gasteiger partial charge in [0.2, 0.25) is 5.91 Å². The molecule has 1 aromatic heterocycles. The molecule has 31 heavy (non-hydrogen) atoms. The van der Waals surface area contributed by atoms with E-state index in [0.29, 0.717) is 18.7 Å². The van der Waals surface area contributed by atoms with E-state index in [-0.39, 0.29) is 24.5 Å². The van der Waals surface area contributed by atoms with Gasteiger partial charge in [-0.05, 0) is 61.8 Å². The molecule has 2 amide bonds. The summed E-state index contributed by atoms with van der Waals surface area (Å²) < 4.78 is 5.72. The van der Waals surface area contributed by atoms with E-state index in [2.05, 4.69) is 34.7 Å². The van der Waals surface area contributed by atoms with Crippen LogP contribution in [0.4, 0.5) is 5.69 Å². The maximum Gasteiger partial charge on any atom is 0.258 e. The largest absolute Gasteiger partial charge is 0.484 e. The minimum atomic E-state index is -0.130. The number of nitrogens with one attached hydrogen (secondary N) is 1. The van der Waals surface area contributed by atoms with Crippen LogP contribution in [0.5, 0.6) is 5.75 Å². The van der Waals surface area contributed by atoms with Crippen molar-refractivity contribution in [2.45, 2.75) is 38.6 Å². The summed E-state index contributed by atoms with van der Waals surface area (Å²) in [7, 11) is 0. The second-order valence-electron chi connectivity index (χ2n) is 8.49. The summed E-state index contributed by atoms with van der Waals surface area (Å²) in [5.74, 6) is 1.39. The predicted octanol–water partition coefficient (Wildman–Crippen LogP) is 3.84. The van der Waals surface area contributed by atoms with E-state index in [1.165, 1.54) is 17.7 Å². The van der Waals surface area contributed by atoms with Crippen LogP contribution in [0, 0.1) is 5.92 Å². The van der Waals surface area contributed by atoms with Gasteiger partial charge in [-0.15, -0.1) is 11.3 Å². The van der Waals surface area contributed by atoms with Crippen molar-refractivity contribution in [1.29, 1.82) is 0 Å². The second kappa shape index (κ2) is 10.3. The van der Waals surface area contributed by atoms with Crippen LogP contribution in [0.25, 0.3) is 0 Å². The SMILES string of the molecule is CC1CCN([C@H](CNC(=O)COc2cccc(N3CCCC3=O)c2)c2cccs2)CC1. The lowest BCUT2D eigenvalue weighted by Crippen LogP contribution is -2.42. The Morgan fingerprint density at radius 1 is 1.23 bits per heavy atom.